The SMILES string of the molecule is COc1ccnc(NNC(=O)/C=C/c2cn(CCC#N)c3ccccc23)n1. The normalized spacial score (nSPS) is 10.7. The number of fused-ring (bicyclic) bond motifs is 1. The minimum absolute atomic E-state index is 0.226. The Morgan fingerprint density at radius 1 is 1.37 bits per heavy atom. The second-order valence-electron chi connectivity index (χ2n) is 5.57. The molecule has 3 rings (SSSR count). The Balaban J connectivity index is 1.69. The number of hydrogen-bond acceptors (Lipinski definition) is 6. The molecule has 0 aliphatic rings. The van der Waals surface area contributed by atoms with Gasteiger partial charge < -0.3 is 9.30 Å². The summed E-state index contributed by atoms with van der Waals surface area (Å²) in [5.74, 6) is 0.266. The van der Waals surface area contributed by atoms with Crippen LogP contribution in [-0.4, -0.2) is 27.6 Å². The number of carbonyl (C=O) groups excluding carboxylic acids is 1. The summed E-state index contributed by atoms with van der Waals surface area (Å²) in [6, 6.07) is 11.6. The van der Waals surface area contributed by atoms with E-state index >= 15 is 0 Å². The molecule has 8 nitrogen and oxygen atoms in total. The van der Waals surface area contributed by atoms with Gasteiger partial charge in [-0.25, -0.2) is 4.98 Å². The molecule has 0 saturated heterocycles. The van der Waals surface area contributed by atoms with Crippen LogP contribution in [0.4, 0.5) is 5.95 Å². The van der Waals surface area contributed by atoms with Gasteiger partial charge in [-0.05, 0) is 12.1 Å². The summed E-state index contributed by atoms with van der Waals surface area (Å²) in [5.41, 5.74) is 7.06. The van der Waals surface area contributed by atoms with Crippen molar-refractivity contribution in [1.82, 2.24) is 20.0 Å². The van der Waals surface area contributed by atoms with Crippen molar-refractivity contribution in [2.45, 2.75) is 13.0 Å². The molecule has 0 atom stereocenters. The molecule has 27 heavy (non-hydrogen) atoms. The van der Waals surface area contributed by atoms with Gasteiger partial charge in [0.25, 0.3) is 5.91 Å². The molecule has 8 heteroatoms. The van der Waals surface area contributed by atoms with E-state index in [2.05, 4.69) is 26.9 Å². The quantitative estimate of drug-likeness (QED) is 0.494. The fraction of sp³-hybridized carbons (Fsp3) is 0.158. The number of methoxy groups -OCH3 is 1. The average Bonchev–Trinajstić information content (AvgIpc) is 3.07. The smallest absolute Gasteiger partial charge is 0.262 e. The maximum atomic E-state index is 12.1. The second kappa shape index (κ2) is 8.49. The molecule has 0 spiro atoms. The minimum Gasteiger partial charge on any atom is -0.481 e. The van der Waals surface area contributed by atoms with Crippen LogP contribution in [0.3, 0.4) is 0 Å². The highest BCUT2D eigenvalue weighted by molar-refractivity contribution is 5.96. The number of rotatable bonds is 7. The van der Waals surface area contributed by atoms with Gasteiger partial charge in [0.15, 0.2) is 0 Å². The van der Waals surface area contributed by atoms with Crippen LogP contribution in [0.25, 0.3) is 17.0 Å². The maximum Gasteiger partial charge on any atom is 0.262 e. The highest BCUT2D eigenvalue weighted by Gasteiger charge is 2.06. The van der Waals surface area contributed by atoms with E-state index in [1.807, 2.05) is 35.0 Å². The largest absolute Gasteiger partial charge is 0.481 e. The van der Waals surface area contributed by atoms with Gasteiger partial charge in [0, 0.05) is 47.5 Å². The first-order chi connectivity index (χ1) is 13.2. The summed E-state index contributed by atoms with van der Waals surface area (Å²) in [4.78, 5) is 20.1. The number of anilines is 1. The van der Waals surface area contributed by atoms with E-state index in [1.54, 1.807) is 12.1 Å². The molecule has 2 aromatic heterocycles. The molecule has 0 unspecified atom stereocenters. The highest BCUT2D eigenvalue weighted by atomic mass is 16.5. The van der Waals surface area contributed by atoms with Crippen molar-refractivity contribution in [2.24, 2.45) is 0 Å². The Morgan fingerprint density at radius 2 is 2.22 bits per heavy atom. The Bertz CT molecular complexity index is 1020. The summed E-state index contributed by atoms with van der Waals surface area (Å²) < 4.78 is 7.01. The van der Waals surface area contributed by atoms with Crippen LogP contribution in [0.1, 0.15) is 12.0 Å². The van der Waals surface area contributed by atoms with Crippen molar-refractivity contribution in [2.75, 3.05) is 12.5 Å². The number of amides is 1. The zero-order chi connectivity index (χ0) is 19.1. The average molecular weight is 362 g/mol. The van der Waals surface area contributed by atoms with E-state index < -0.39 is 0 Å². The van der Waals surface area contributed by atoms with Crippen LogP contribution >= 0.6 is 0 Å². The predicted molar refractivity (Wildman–Crippen MR) is 102 cm³/mol. The minimum atomic E-state index is -0.352. The van der Waals surface area contributed by atoms with Crippen molar-refractivity contribution in [3.05, 3.63) is 54.4 Å². The van der Waals surface area contributed by atoms with Gasteiger partial charge in [-0.3, -0.25) is 15.6 Å². The van der Waals surface area contributed by atoms with Gasteiger partial charge in [-0.1, -0.05) is 18.2 Å². The van der Waals surface area contributed by atoms with E-state index in [-0.39, 0.29) is 11.9 Å². The number of carbonyl (C=O) groups is 1. The van der Waals surface area contributed by atoms with Crippen LogP contribution in [0.2, 0.25) is 0 Å². The molecule has 136 valence electrons. The monoisotopic (exact) mass is 362 g/mol. The first kappa shape index (κ1) is 17.9. The lowest BCUT2D eigenvalue weighted by Crippen LogP contribution is -2.28. The molecule has 2 heterocycles. The number of hydrogen-bond donors (Lipinski definition) is 2. The van der Waals surface area contributed by atoms with E-state index in [9.17, 15) is 4.79 Å². The predicted octanol–water partition coefficient (Wildman–Crippen LogP) is 2.51. The number of benzene rings is 1. The standard InChI is InChI=1S/C19H18N6O2/c1-27-18-9-11-21-19(22-18)24-23-17(26)8-7-14-13-25(12-4-10-20)16-6-3-2-5-15(14)16/h2-3,5-9,11,13H,4,12H2,1H3,(H,23,26)(H,21,22,24)/b8-7+. The second-order valence-corrected chi connectivity index (χ2v) is 5.57. The van der Waals surface area contributed by atoms with Gasteiger partial charge in [0.05, 0.1) is 19.6 Å². The number of nitrogens with zero attached hydrogens (tertiary/aromatic N) is 4. The van der Waals surface area contributed by atoms with Crippen molar-refractivity contribution < 1.29 is 9.53 Å². The van der Waals surface area contributed by atoms with Crippen molar-refractivity contribution >= 4 is 28.8 Å². The first-order valence-corrected chi connectivity index (χ1v) is 8.27. The summed E-state index contributed by atoms with van der Waals surface area (Å²) in [5, 5.41) is 9.83. The molecule has 1 aromatic carbocycles. The summed E-state index contributed by atoms with van der Waals surface area (Å²) in [7, 11) is 1.50. The zero-order valence-corrected chi connectivity index (χ0v) is 14.7. The molecular weight excluding hydrogens is 344 g/mol. The zero-order valence-electron chi connectivity index (χ0n) is 14.7. The topological polar surface area (TPSA) is 105 Å². The Morgan fingerprint density at radius 3 is 3.04 bits per heavy atom. The van der Waals surface area contributed by atoms with E-state index in [0.29, 0.717) is 18.8 Å². The molecule has 0 radical (unpaired) electrons. The van der Waals surface area contributed by atoms with Gasteiger partial charge in [0.1, 0.15) is 0 Å². The van der Waals surface area contributed by atoms with Crippen LogP contribution in [-0.2, 0) is 11.3 Å². The van der Waals surface area contributed by atoms with Gasteiger partial charge in [-0.15, -0.1) is 0 Å². The number of ether oxygens (including phenoxy) is 1. The number of nitrogens with one attached hydrogen (secondary N) is 2. The molecule has 2 N–H and O–H groups in total. The van der Waals surface area contributed by atoms with E-state index in [1.165, 1.54) is 19.4 Å². The van der Waals surface area contributed by atoms with Crippen LogP contribution < -0.4 is 15.6 Å². The summed E-state index contributed by atoms with van der Waals surface area (Å²) in [6.45, 7) is 0.603. The number of hydrazine groups is 1. The third kappa shape index (κ3) is 4.41. The Hall–Kier alpha value is -3.86. The molecule has 3 aromatic rings. The fourth-order valence-electron chi connectivity index (χ4n) is 2.60. The molecule has 0 fully saturated rings. The molecule has 0 aliphatic heterocycles. The van der Waals surface area contributed by atoms with Gasteiger partial charge in [0.2, 0.25) is 11.8 Å². The number of nitriles is 1. The Kier molecular flexibility index (Phi) is 5.64. The third-order valence-electron chi connectivity index (χ3n) is 3.83. The fourth-order valence-corrected chi connectivity index (χ4v) is 2.60. The van der Waals surface area contributed by atoms with Crippen LogP contribution in [0.15, 0.2) is 48.8 Å². The first-order valence-electron chi connectivity index (χ1n) is 8.27. The molecular formula is C19H18N6O2. The van der Waals surface area contributed by atoms with Gasteiger partial charge in [-0.2, -0.15) is 10.2 Å². The van der Waals surface area contributed by atoms with Crippen molar-refractivity contribution in [3.63, 3.8) is 0 Å². The lowest BCUT2D eigenvalue weighted by molar-refractivity contribution is -0.116. The lowest BCUT2D eigenvalue weighted by Gasteiger charge is -2.05. The van der Waals surface area contributed by atoms with Crippen LogP contribution in [0, 0.1) is 11.3 Å². The maximum absolute atomic E-state index is 12.1. The molecule has 0 saturated carbocycles. The van der Waals surface area contributed by atoms with Crippen LogP contribution in [0.5, 0.6) is 5.88 Å². The van der Waals surface area contributed by atoms with Crippen molar-refractivity contribution in [3.8, 4) is 11.9 Å². The number of para-hydroxylation sites is 1. The lowest BCUT2D eigenvalue weighted by atomic mass is 10.1. The molecule has 0 bridgehead atoms. The highest BCUT2D eigenvalue weighted by Crippen LogP contribution is 2.22. The van der Waals surface area contributed by atoms with Gasteiger partial charge >= 0.3 is 0 Å². The molecule has 1 amide bonds. The number of aryl methyl sites for hydroxylation is 1. The third-order valence-corrected chi connectivity index (χ3v) is 3.83. The van der Waals surface area contributed by atoms with E-state index in [4.69, 9.17) is 10.00 Å². The molecule has 0 aliphatic carbocycles. The number of aromatic nitrogens is 3. The van der Waals surface area contributed by atoms with E-state index in [0.717, 1.165) is 16.5 Å². The summed E-state index contributed by atoms with van der Waals surface area (Å²) in [6.07, 6.45) is 7.03. The van der Waals surface area contributed by atoms with Crippen molar-refractivity contribution in [1.29, 1.82) is 5.26 Å². The summed E-state index contributed by atoms with van der Waals surface area (Å²) >= 11 is 0. The Labute approximate surface area is 156 Å².